The molecule has 1 atom stereocenters. The Balaban J connectivity index is 1.71. The molecule has 130 valence electrons. The van der Waals surface area contributed by atoms with E-state index in [2.05, 4.69) is 10.3 Å². The van der Waals surface area contributed by atoms with E-state index in [1.165, 1.54) is 19.2 Å². The summed E-state index contributed by atoms with van der Waals surface area (Å²) >= 11 is 0. The molecule has 5 nitrogen and oxygen atoms in total. The minimum absolute atomic E-state index is 0.164. The monoisotopic (exact) mass is 346 g/mol. The van der Waals surface area contributed by atoms with Crippen molar-refractivity contribution in [1.82, 2.24) is 4.98 Å². The smallest absolute Gasteiger partial charge is 0.357 e. The summed E-state index contributed by atoms with van der Waals surface area (Å²) in [4.78, 5) is 28.4. The second kappa shape index (κ2) is 8.07. The maximum absolute atomic E-state index is 12.5. The molecule has 1 aromatic heterocycles. The molecule has 0 aliphatic carbocycles. The number of aromatic nitrogens is 1. The molecule has 0 bridgehead atoms. The van der Waals surface area contributed by atoms with Gasteiger partial charge in [-0.05, 0) is 30.7 Å². The van der Waals surface area contributed by atoms with Crippen molar-refractivity contribution in [1.29, 1.82) is 0 Å². The number of anilines is 1. The summed E-state index contributed by atoms with van der Waals surface area (Å²) in [6.45, 7) is 1.53. The van der Waals surface area contributed by atoms with Gasteiger partial charge < -0.3 is 10.1 Å². The highest BCUT2D eigenvalue weighted by Crippen LogP contribution is 2.27. The lowest BCUT2D eigenvalue weighted by Crippen LogP contribution is -2.30. The zero-order valence-electron chi connectivity index (χ0n) is 14.3. The molecule has 1 amide bonds. The van der Waals surface area contributed by atoms with Gasteiger partial charge in [0, 0.05) is 17.4 Å². The van der Waals surface area contributed by atoms with Crippen LogP contribution in [-0.2, 0) is 9.53 Å². The van der Waals surface area contributed by atoms with Crippen LogP contribution in [0.1, 0.15) is 17.4 Å². The quantitative estimate of drug-likeness (QED) is 0.711. The minimum atomic E-state index is -0.951. The molecule has 0 aliphatic heterocycles. The van der Waals surface area contributed by atoms with Crippen LogP contribution in [0.15, 0.2) is 79.0 Å². The van der Waals surface area contributed by atoms with Crippen molar-refractivity contribution in [2.24, 2.45) is 0 Å². The first-order chi connectivity index (χ1) is 12.6. The zero-order valence-corrected chi connectivity index (χ0v) is 14.3. The third-order valence-corrected chi connectivity index (χ3v) is 3.80. The Bertz CT molecular complexity index is 895. The number of pyridine rings is 1. The lowest BCUT2D eigenvalue weighted by atomic mass is 10.0. The molecule has 0 aliphatic rings. The fourth-order valence-electron chi connectivity index (χ4n) is 2.45. The van der Waals surface area contributed by atoms with Gasteiger partial charge in [0.15, 0.2) is 6.10 Å². The summed E-state index contributed by atoms with van der Waals surface area (Å²) < 4.78 is 5.20. The van der Waals surface area contributed by atoms with E-state index >= 15 is 0 Å². The number of carbonyl (C=O) groups excluding carboxylic acids is 2. The van der Waals surface area contributed by atoms with Gasteiger partial charge in [-0.2, -0.15) is 0 Å². The minimum Gasteiger partial charge on any atom is -0.448 e. The summed E-state index contributed by atoms with van der Waals surface area (Å²) in [5, 5.41) is 2.83. The number of para-hydroxylation sites is 1. The third-order valence-electron chi connectivity index (χ3n) is 3.80. The van der Waals surface area contributed by atoms with Crippen molar-refractivity contribution in [3.8, 4) is 11.1 Å². The highest BCUT2D eigenvalue weighted by Gasteiger charge is 2.20. The Morgan fingerprint density at radius 2 is 1.62 bits per heavy atom. The first-order valence-electron chi connectivity index (χ1n) is 8.22. The number of rotatable bonds is 5. The molecular weight excluding hydrogens is 328 g/mol. The van der Waals surface area contributed by atoms with E-state index in [1.54, 1.807) is 12.1 Å². The lowest BCUT2D eigenvalue weighted by molar-refractivity contribution is -0.123. The average Bonchev–Trinajstić information content (AvgIpc) is 2.69. The van der Waals surface area contributed by atoms with Crippen LogP contribution in [0, 0.1) is 0 Å². The van der Waals surface area contributed by atoms with Crippen molar-refractivity contribution in [2.75, 3.05) is 5.32 Å². The normalized spacial score (nSPS) is 11.4. The van der Waals surface area contributed by atoms with Crippen molar-refractivity contribution < 1.29 is 14.3 Å². The number of hydrogen-bond donors (Lipinski definition) is 1. The Hall–Kier alpha value is -3.47. The molecule has 0 spiro atoms. The van der Waals surface area contributed by atoms with E-state index in [0.717, 1.165) is 11.1 Å². The lowest BCUT2D eigenvalue weighted by Gasteiger charge is -2.15. The van der Waals surface area contributed by atoms with Gasteiger partial charge in [0.2, 0.25) is 0 Å². The number of nitrogens with zero attached hydrogens (tertiary/aromatic N) is 1. The van der Waals surface area contributed by atoms with Gasteiger partial charge in [-0.3, -0.25) is 4.79 Å². The number of benzene rings is 2. The topological polar surface area (TPSA) is 68.3 Å². The third kappa shape index (κ3) is 4.13. The molecular formula is C21H18N2O3. The molecule has 3 aromatic rings. The molecule has 1 N–H and O–H groups in total. The molecule has 0 radical (unpaired) electrons. The zero-order chi connectivity index (χ0) is 18.4. The van der Waals surface area contributed by atoms with Crippen LogP contribution in [0.2, 0.25) is 0 Å². The largest absolute Gasteiger partial charge is 0.448 e. The standard InChI is InChI=1S/C21H18N2O3/c1-15(26-21(25)19-13-7-8-14-22-19)20(24)23-18-12-6-5-11-17(18)16-9-3-2-4-10-16/h2-15H,1H3,(H,23,24)/t15-/m1/s1. The van der Waals surface area contributed by atoms with Crippen LogP contribution >= 0.6 is 0 Å². The van der Waals surface area contributed by atoms with Gasteiger partial charge in [0.25, 0.3) is 5.91 Å². The SMILES string of the molecule is C[C@@H](OC(=O)c1ccccn1)C(=O)Nc1ccccc1-c1ccccc1. The van der Waals surface area contributed by atoms with Gasteiger partial charge in [0.1, 0.15) is 5.69 Å². The van der Waals surface area contributed by atoms with E-state index in [-0.39, 0.29) is 5.69 Å². The van der Waals surface area contributed by atoms with Crippen LogP contribution in [0.3, 0.4) is 0 Å². The highest BCUT2D eigenvalue weighted by molar-refractivity contribution is 5.99. The van der Waals surface area contributed by atoms with Crippen molar-refractivity contribution >= 4 is 17.6 Å². The summed E-state index contributed by atoms with van der Waals surface area (Å²) in [7, 11) is 0. The Kier molecular flexibility index (Phi) is 5.39. The molecule has 0 saturated heterocycles. The summed E-state index contributed by atoms with van der Waals surface area (Å²) in [6, 6.07) is 22.2. The predicted octanol–water partition coefficient (Wildman–Crippen LogP) is 3.93. The number of amides is 1. The van der Waals surface area contributed by atoms with Crippen LogP contribution in [0.25, 0.3) is 11.1 Å². The Morgan fingerprint density at radius 1 is 0.923 bits per heavy atom. The van der Waals surface area contributed by atoms with Crippen LogP contribution in [0.4, 0.5) is 5.69 Å². The molecule has 3 rings (SSSR count). The highest BCUT2D eigenvalue weighted by atomic mass is 16.5. The van der Waals surface area contributed by atoms with E-state index in [0.29, 0.717) is 5.69 Å². The van der Waals surface area contributed by atoms with Crippen LogP contribution < -0.4 is 5.32 Å². The van der Waals surface area contributed by atoms with E-state index < -0.39 is 18.0 Å². The first kappa shape index (κ1) is 17.4. The molecule has 1 heterocycles. The molecule has 0 saturated carbocycles. The van der Waals surface area contributed by atoms with Crippen LogP contribution in [-0.4, -0.2) is 23.0 Å². The number of esters is 1. The van der Waals surface area contributed by atoms with E-state index in [9.17, 15) is 9.59 Å². The van der Waals surface area contributed by atoms with Crippen LogP contribution in [0.5, 0.6) is 0 Å². The summed E-state index contributed by atoms with van der Waals surface area (Å²) in [6.07, 6.45) is 0.547. The van der Waals surface area contributed by atoms with E-state index in [4.69, 9.17) is 4.74 Å². The average molecular weight is 346 g/mol. The molecule has 0 fully saturated rings. The fraction of sp³-hybridized carbons (Fsp3) is 0.0952. The predicted molar refractivity (Wildman–Crippen MR) is 99.6 cm³/mol. The molecule has 26 heavy (non-hydrogen) atoms. The maximum Gasteiger partial charge on any atom is 0.357 e. The Labute approximate surface area is 151 Å². The number of hydrogen-bond acceptors (Lipinski definition) is 4. The molecule has 0 unspecified atom stereocenters. The van der Waals surface area contributed by atoms with Crippen molar-refractivity contribution in [2.45, 2.75) is 13.0 Å². The number of ether oxygens (including phenoxy) is 1. The van der Waals surface area contributed by atoms with Gasteiger partial charge in [-0.1, -0.05) is 54.6 Å². The fourth-order valence-corrected chi connectivity index (χ4v) is 2.45. The summed E-state index contributed by atoms with van der Waals surface area (Å²) in [5.74, 6) is -1.04. The second-order valence-corrected chi connectivity index (χ2v) is 5.66. The van der Waals surface area contributed by atoms with Gasteiger partial charge in [-0.15, -0.1) is 0 Å². The second-order valence-electron chi connectivity index (χ2n) is 5.66. The number of nitrogens with one attached hydrogen (secondary N) is 1. The van der Waals surface area contributed by atoms with Gasteiger partial charge >= 0.3 is 5.97 Å². The Morgan fingerprint density at radius 3 is 2.35 bits per heavy atom. The van der Waals surface area contributed by atoms with Crippen molar-refractivity contribution in [3.63, 3.8) is 0 Å². The molecule has 2 aromatic carbocycles. The first-order valence-corrected chi connectivity index (χ1v) is 8.22. The van der Waals surface area contributed by atoms with Gasteiger partial charge in [-0.25, -0.2) is 9.78 Å². The maximum atomic E-state index is 12.5. The number of carbonyl (C=O) groups is 2. The van der Waals surface area contributed by atoms with E-state index in [1.807, 2.05) is 54.6 Å². The van der Waals surface area contributed by atoms with Gasteiger partial charge in [0.05, 0.1) is 0 Å². The molecule has 5 heteroatoms. The van der Waals surface area contributed by atoms with Crippen molar-refractivity contribution in [3.05, 3.63) is 84.7 Å². The summed E-state index contributed by atoms with van der Waals surface area (Å²) in [5.41, 5.74) is 2.70.